The fraction of sp³-hybridized carbons (Fsp3) is 0.389. The van der Waals surface area contributed by atoms with Gasteiger partial charge in [-0.1, -0.05) is 18.2 Å². The summed E-state index contributed by atoms with van der Waals surface area (Å²) in [5, 5.41) is 0. The molecule has 2 aromatic rings. The maximum Gasteiger partial charge on any atom is 0.246 e. The van der Waals surface area contributed by atoms with E-state index in [-0.39, 0.29) is 18.0 Å². The number of likely N-dealkylation sites (tertiary alicyclic amines) is 1. The van der Waals surface area contributed by atoms with Gasteiger partial charge >= 0.3 is 0 Å². The second-order valence-electron chi connectivity index (χ2n) is 6.45. The van der Waals surface area contributed by atoms with Gasteiger partial charge in [0.15, 0.2) is 0 Å². The number of carbonyl (C=O) groups excluding carboxylic acids is 1. The average Bonchev–Trinajstić information content (AvgIpc) is 3.01. The zero-order valence-electron chi connectivity index (χ0n) is 13.5. The van der Waals surface area contributed by atoms with Crippen molar-refractivity contribution in [2.45, 2.75) is 31.3 Å². The molecule has 0 radical (unpaired) electrons. The number of piperidine rings is 1. The Morgan fingerprint density at radius 1 is 1.17 bits per heavy atom. The number of anilines is 2. The highest BCUT2D eigenvalue weighted by Crippen LogP contribution is 2.37. The molecule has 1 aromatic heterocycles. The lowest BCUT2D eigenvalue weighted by Gasteiger charge is -2.35. The van der Waals surface area contributed by atoms with Crippen molar-refractivity contribution in [3.8, 4) is 0 Å². The SMILES string of the molecule is N[C@H]1CCCN(C(=O)C2Cc3ccccc3N2c2ncccn2)C1. The predicted octanol–water partition coefficient (Wildman–Crippen LogP) is 1.49. The zero-order chi connectivity index (χ0) is 16.5. The van der Waals surface area contributed by atoms with Crippen LogP contribution in [0.3, 0.4) is 0 Å². The van der Waals surface area contributed by atoms with Crippen molar-refractivity contribution in [2.24, 2.45) is 5.73 Å². The summed E-state index contributed by atoms with van der Waals surface area (Å²) in [5.74, 6) is 0.691. The van der Waals surface area contributed by atoms with Crippen LogP contribution in [0.2, 0.25) is 0 Å². The van der Waals surface area contributed by atoms with Crippen LogP contribution in [0.1, 0.15) is 18.4 Å². The normalized spacial score (nSPS) is 23.2. The van der Waals surface area contributed by atoms with Gasteiger partial charge in [-0.25, -0.2) is 9.97 Å². The Morgan fingerprint density at radius 2 is 1.96 bits per heavy atom. The summed E-state index contributed by atoms with van der Waals surface area (Å²) < 4.78 is 0. The van der Waals surface area contributed by atoms with Gasteiger partial charge in [0.25, 0.3) is 0 Å². The molecule has 0 aliphatic carbocycles. The summed E-state index contributed by atoms with van der Waals surface area (Å²) >= 11 is 0. The van der Waals surface area contributed by atoms with Gasteiger partial charge in [0.05, 0.1) is 0 Å². The van der Waals surface area contributed by atoms with E-state index in [2.05, 4.69) is 16.0 Å². The lowest BCUT2D eigenvalue weighted by molar-refractivity contribution is -0.133. The summed E-state index contributed by atoms with van der Waals surface area (Å²) in [4.78, 5) is 25.8. The lowest BCUT2D eigenvalue weighted by Crippen LogP contribution is -2.52. The number of benzene rings is 1. The lowest BCUT2D eigenvalue weighted by atomic mass is 10.0. The monoisotopic (exact) mass is 323 g/mol. The third-order valence-corrected chi connectivity index (χ3v) is 4.80. The summed E-state index contributed by atoms with van der Waals surface area (Å²) in [7, 11) is 0. The van der Waals surface area contributed by atoms with Crippen LogP contribution in [0, 0.1) is 0 Å². The summed E-state index contributed by atoms with van der Waals surface area (Å²) in [6, 6.07) is 9.65. The molecule has 2 atom stereocenters. The molecule has 1 aromatic carbocycles. The molecule has 1 amide bonds. The number of carbonyl (C=O) groups is 1. The Labute approximate surface area is 141 Å². The van der Waals surface area contributed by atoms with Crippen molar-refractivity contribution < 1.29 is 4.79 Å². The third kappa shape index (κ3) is 2.63. The first-order chi connectivity index (χ1) is 11.7. The number of para-hydroxylation sites is 1. The van der Waals surface area contributed by atoms with Crippen molar-refractivity contribution in [3.63, 3.8) is 0 Å². The van der Waals surface area contributed by atoms with Gasteiger partial charge in [-0.3, -0.25) is 9.69 Å². The van der Waals surface area contributed by atoms with Gasteiger partial charge in [0.1, 0.15) is 6.04 Å². The zero-order valence-corrected chi connectivity index (χ0v) is 13.5. The van der Waals surface area contributed by atoms with Crippen molar-refractivity contribution in [2.75, 3.05) is 18.0 Å². The maximum atomic E-state index is 13.2. The first-order valence-electron chi connectivity index (χ1n) is 8.42. The van der Waals surface area contributed by atoms with Crippen molar-refractivity contribution in [1.29, 1.82) is 0 Å². The summed E-state index contributed by atoms with van der Waals surface area (Å²) in [6.07, 6.45) is 6.05. The number of nitrogens with two attached hydrogens (primary N) is 1. The number of fused-ring (bicyclic) bond motifs is 1. The van der Waals surface area contributed by atoms with Crippen molar-refractivity contribution in [1.82, 2.24) is 14.9 Å². The Bertz CT molecular complexity index is 735. The van der Waals surface area contributed by atoms with E-state index in [1.54, 1.807) is 18.5 Å². The molecule has 2 aliphatic rings. The summed E-state index contributed by atoms with van der Waals surface area (Å²) in [6.45, 7) is 1.41. The molecule has 2 N–H and O–H groups in total. The first kappa shape index (κ1) is 15.1. The van der Waals surface area contributed by atoms with Gasteiger partial charge in [-0.05, 0) is 30.5 Å². The van der Waals surface area contributed by atoms with Crippen LogP contribution >= 0.6 is 0 Å². The molecule has 0 bridgehead atoms. The highest BCUT2D eigenvalue weighted by Gasteiger charge is 2.39. The molecule has 1 saturated heterocycles. The van der Waals surface area contributed by atoms with Gasteiger partial charge < -0.3 is 10.6 Å². The predicted molar refractivity (Wildman–Crippen MR) is 91.9 cm³/mol. The molecule has 24 heavy (non-hydrogen) atoms. The third-order valence-electron chi connectivity index (χ3n) is 4.80. The van der Waals surface area contributed by atoms with E-state index in [1.165, 1.54) is 0 Å². The van der Waals surface area contributed by atoms with Crippen molar-refractivity contribution in [3.05, 3.63) is 48.3 Å². The smallest absolute Gasteiger partial charge is 0.246 e. The number of aromatic nitrogens is 2. The molecule has 2 aliphatic heterocycles. The van der Waals surface area contributed by atoms with E-state index in [1.807, 2.05) is 28.0 Å². The molecule has 4 rings (SSSR count). The molecular formula is C18H21N5O. The van der Waals surface area contributed by atoms with Gasteiger partial charge in [-0.15, -0.1) is 0 Å². The Morgan fingerprint density at radius 3 is 2.75 bits per heavy atom. The maximum absolute atomic E-state index is 13.2. The molecule has 0 saturated carbocycles. The van der Waals surface area contributed by atoms with E-state index >= 15 is 0 Å². The van der Waals surface area contributed by atoms with Gasteiger partial charge in [-0.2, -0.15) is 0 Å². The highest BCUT2D eigenvalue weighted by atomic mass is 16.2. The van der Waals surface area contributed by atoms with E-state index in [9.17, 15) is 4.79 Å². The Balaban J connectivity index is 1.68. The number of rotatable bonds is 2. The fourth-order valence-electron chi connectivity index (χ4n) is 3.67. The standard InChI is InChI=1S/C18H21N5O/c19-14-6-3-10-22(12-14)17(24)16-11-13-5-1-2-7-15(13)23(16)18-20-8-4-9-21-18/h1-2,4-5,7-9,14,16H,3,6,10-12,19H2/t14-,16?/m0/s1. The molecule has 6 heteroatoms. The molecular weight excluding hydrogens is 302 g/mol. The van der Waals surface area contributed by atoms with E-state index in [0.29, 0.717) is 18.9 Å². The quantitative estimate of drug-likeness (QED) is 0.906. The molecule has 3 heterocycles. The highest BCUT2D eigenvalue weighted by molar-refractivity contribution is 5.90. The number of nitrogens with zero attached hydrogens (tertiary/aromatic N) is 4. The van der Waals surface area contributed by atoms with E-state index < -0.39 is 0 Å². The van der Waals surface area contributed by atoms with Crippen LogP contribution in [0.4, 0.5) is 11.6 Å². The Kier molecular flexibility index (Phi) is 3.90. The van der Waals surface area contributed by atoms with Crippen LogP contribution in [0.25, 0.3) is 0 Å². The largest absolute Gasteiger partial charge is 0.339 e. The first-order valence-corrected chi connectivity index (χ1v) is 8.42. The second kappa shape index (κ2) is 6.20. The number of amides is 1. The molecule has 124 valence electrons. The second-order valence-corrected chi connectivity index (χ2v) is 6.45. The number of hydrogen-bond acceptors (Lipinski definition) is 5. The molecule has 6 nitrogen and oxygen atoms in total. The van der Waals surface area contributed by atoms with Gasteiger partial charge in [0, 0.05) is 43.6 Å². The minimum atomic E-state index is -0.296. The molecule has 0 spiro atoms. The van der Waals surface area contributed by atoms with Crippen LogP contribution < -0.4 is 10.6 Å². The minimum absolute atomic E-state index is 0.0768. The van der Waals surface area contributed by atoms with E-state index in [4.69, 9.17) is 5.73 Å². The van der Waals surface area contributed by atoms with Crippen LogP contribution in [-0.4, -0.2) is 45.9 Å². The summed E-state index contributed by atoms with van der Waals surface area (Å²) in [5.41, 5.74) is 8.23. The molecule has 1 unspecified atom stereocenters. The van der Waals surface area contributed by atoms with Crippen LogP contribution in [0.15, 0.2) is 42.7 Å². The van der Waals surface area contributed by atoms with Gasteiger partial charge in [0.2, 0.25) is 11.9 Å². The molecule has 1 fully saturated rings. The number of hydrogen-bond donors (Lipinski definition) is 1. The van der Waals surface area contributed by atoms with Crippen LogP contribution in [-0.2, 0) is 11.2 Å². The Hall–Kier alpha value is -2.47. The van der Waals surface area contributed by atoms with Crippen molar-refractivity contribution >= 4 is 17.5 Å². The average molecular weight is 323 g/mol. The van der Waals surface area contributed by atoms with E-state index in [0.717, 1.165) is 30.6 Å². The topological polar surface area (TPSA) is 75.3 Å². The van der Waals surface area contributed by atoms with Crippen LogP contribution in [0.5, 0.6) is 0 Å². The fourth-order valence-corrected chi connectivity index (χ4v) is 3.67. The minimum Gasteiger partial charge on any atom is -0.339 e.